The fourth-order valence-electron chi connectivity index (χ4n) is 4.17. The Morgan fingerprint density at radius 3 is 2.29 bits per heavy atom. The Morgan fingerprint density at radius 1 is 0.914 bits per heavy atom. The number of sulfonamides is 1. The molecule has 2 heterocycles. The molecule has 0 radical (unpaired) electrons. The number of carbonyl (C=O) groups excluding carboxylic acids is 2. The number of nitrogens with one attached hydrogen (secondary N) is 1. The summed E-state index contributed by atoms with van der Waals surface area (Å²) in [6.07, 6.45) is 1.49. The van der Waals surface area contributed by atoms with Crippen LogP contribution in [0, 0.1) is 0 Å². The van der Waals surface area contributed by atoms with Gasteiger partial charge in [-0.05, 0) is 36.4 Å². The molecule has 1 aromatic heterocycles. The fourth-order valence-corrected chi connectivity index (χ4v) is 5.18. The molecule has 5 rings (SSSR count). The average molecular weight is 491 g/mol. The van der Waals surface area contributed by atoms with Crippen LogP contribution >= 0.6 is 0 Å². The van der Waals surface area contributed by atoms with Gasteiger partial charge in [-0.2, -0.15) is 0 Å². The molecule has 1 atom stereocenters. The van der Waals surface area contributed by atoms with Crippen molar-refractivity contribution in [2.24, 2.45) is 4.99 Å². The number of carbonyl (C=O) groups is 2. The van der Waals surface area contributed by atoms with Gasteiger partial charge in [-0.1, -0.05) is 30.3 Å². The molecule has 0 amide bonds. The normalized spacial score (nSPS) is 20.0. The maximum Gasteiger partial charge on any atom is 0.263 e. The standard InChI is InChI=1S/C25H22N4O5S/c30-24-19-5-1-2-6-20(19)25(31)23(29-13-15-34-16-14-29)22(24)27-17-8-10-18(11-9-17)35(32,33)28-21-7-3-4-12-26-21/h1-12,23H,13-16H2,(H,26,28). The summed E-state index contributed by atoms with van der Waals surface area (Å²) in [5, 5.41) is 0. The molecule has 10 heteroatoms. The van der Waals surface area contributed by atoms with Crippen LogP contribution < -0.4 is 4.72 Å². The van der Waals surface area contributed by atoms with Gasteiger partial charge in [0.15, 0.2) is 5.78 Å². The van der Waals surface area contributed by atoms with E-state index in [2.05, 4.69) is 14.7 Å². The van der Waals surface area contributed by atoms with Crippen LogP contribution in [0.3, 0.4) is 0 Å². The van der Waals surface area contributed by atoms with Crippen molar-refractivity contribution in [2.45, 2.75) is 10.9 Å². The van der Waals surface area contributed by atoms with Crippen LogP contribution in [0.25, 0.3) is 0 Å². The van der Waals surface area contributed by atoms with Gasteiger partial charge in [0.1, 0.15) is 17.6 Å². The van der Waals surface area contributed by atoms with Gasteiger partial charge in [-0.3, -0.25) is 19.2 Å². The average Bonchev–Trinajstić information content (AvgIpc) is 2.88. The van der Waals surface area contributed by atoms with E-state index in [0.717, 1.165) is 0 Å². The van der Waals surface area contributed by atoms with Gasteiger partial charge < -0.3 is 4.74 Å². The molecule has 35 heavy (non-hydrogen) atoms. The van der Waals surface area contributed by atoms with Crippen LogP contribution in [0.4, 0.5) is 11.5 Å². The van der Waals surface area contributed by atoms with Crippen LogP contribution in [0.1, 0.15) is 20.7 Å². The second-order valence-corrected chi connectivity index (χ2v) is 9.78. The van der Waals surface area contributed by atoms with Crippen LogP contribution in [-0.4, -0.2) is 67.9 Å². The molecule has 2 aromatic carbocycles. The van der Waals surface area contributed by atoms with E-state index in [0.29, 0.717) is 43.1 Å². The van der Waals surface area contributed by atoms with Gasteiger partial charge in [-0.25, -0.2) is 18.4 Å². The second-order valence-electron chi connectivity index (χ2n) is 8.10. The molecule has 1 aliphatic heterocycles. The monoisotopic (exact) mass is 490 g/mol. The molecule has 2 aliphatic rings. The van der Waals surface area contributed by atoms with Gasteiger partial charge in [0.2, 0.25) is 5.78 Å². The van der Waals surface area contributed by atoms with Crippen molar-refractivity contribution < 1.29 is 22.7 Å². The number of hydrogen-bond donors (Lipinski definition) is 1. The van der Waals surface area contributed by atoms with Crippen LogP contribution in [0.15, 0.2) is 82.8 Å². The molecular formula is C25H22N4O5S. The van der Waals surface area contributed by atoms with Crippen molar-refractivity contribution in [3.05, 3.63) is 84.1 Å². The van der Waals surface area contributed by atoms with Crippen LogP contribution in [0.5, 0.6) is 0 Å². The van der Waals surface area contributed by atoms with Crippen LogP contribution in [0.2, 0.25) is 0 Å². The lowest BCUT2D eigenvalue weighted by atomic mass is 9.83. The van der Waals surface area contributed by atoms with Gasteiger partial charge >= 0.3 is 0 Å². The van der Waals surface area contributed by atoms with Crippen molar-refractivity contribution >= 4 is 38.8 Å². The Hall–Kier alpha value is -3.73. The third-order valence-electron chi connectivity index (χ3n) is 5.89. The van der Waals surface area contributed by atoms with E-state index in [9.17, 15) is 18.0 Å². The highest BCUT2D eigenvalue weighted by Crippen LogP contribution is 2.27. The maximum atomic E-state index is 13.4. The molecule has 3 aromatic rings. The lowest BCUT2D eigenvalue weighted by Crippen LogP contribution is -2.55. The number of hydrogen-bond acceptors (Lipinski definition) is 8. The topological polar surface area (TPSA) is 118 Å². The van der Waals surface area contributed by atoms with Crippen molar-refractivity contribution in [3.8, 4) is 0 Å². The summed E-state index contributed by atoms with van der Waals surface area (Å²) in [4.78, 5) is 37.3. The summed E-state index contributed by atoms with van der Waals surface area (Å²) in [6, 6.07) is 16.6. The van der Waals surface area contributed by atoms with E-state index < -0.39 is 16.1 Å². The molecule has 9 nitrogen and oxygen atoms in total. The number of ether oxygens (including phenoxy) is 1. The Bertz CT molecular complexity index is 1400. The predicted molar refractivity (Wildman–Crippen MR) is 130 cm³/mol. The molecular weight excluding hydrogens is 468 g/mol. The molecule has 1 N–H and O–H groups in total. The second kappa shape index (κ2) is 9.49. The molecule has 1 aliphatic carbocycles. The third kappa shape index (κ3) is 4.63. The van der Waals surface area contributed by atoms with Gasteiger partial charge in [0, 0.05) is 30.4 Å². The smallest absolute Gasteiger partial charge is 0.263 e. The first kappa shape index (κ1) is 23.0. The summed E-state index contributed by atoms with van der Waals surface area (Å²) in [7, 11) is -3.85. The number of anilines is 1. The summed E-state index contributed by atoms with van der Waals surface area (Å²) in [5.41, 5.74) is 1.20. The van der Waals surface area contributed by atoms with Crippen molar-refractivity contribution in [3.63, 3.8) is 0 Å². The molecule has 1 unspecified atom stereocenters. The lowest BCUT2D eigenvalue weighted by molar-refractivity contribution is 0.0278. The molecule has 1 saturated heterocycles. The predicted octanol–water partition coefficient (Wildman–Crippen LogP) is 2.73. The van der Waals surface area contributed by atoms with Crippen molar-refractivity contribution in [1.29, 1.82) is 0 Å². The molecule has 1 fully saturated rings. The summed E-state index contributed by atoms with van der Waals surface area (Å²) in [6.45, 7) is 1.92. The molecule has 0 bridgehead atoms. The number of morpholine rings is 1. The number of aromatic nitrogens is 1. The Balaban J connectivity index is 1.49. The van der Waals surface area contributed by atoms with E-state index in [1.165, 1.54) is 30.5 Å². The SMILES string of the molecule is O=C1C(=Nc2ccc(S(=O)(=O)Nc3ccccn3)cc2)C(N2CCOCC2)C(=O)c2ccccc21. The number of nitrogens with zero attached hydrogens (tertiary/aromatic N) is 3. The number of rotatable bonds is 5. The number of ketones is 2. The summed E-state index contributed by atoms with van der Waals surface area (Å²) >= 11 is 0. The maximum absolute atomic E-state index is 13.4. The highest BCUT2D eigenvalue weighted by atomic mass is 32.2. The minimum Gasteiger partial charge on any atom is -0.379 e. The summed E-state index contributed by atoms with van der Waals surface area (Å²) < 4.78 is 33.2. The zero-order valence-electron chi connectivity index (χ0n) is 18.6. The molecule has 0 saturated carbocycles. The zero-order chi connectivity index (χ0) is 24.4. The highest BCUT2D eigenvalue weighted by molar-refractivity contribution is 7.92. The zero-order valence-corrected chi connectivity index (χ0v) is 19.4. The first-order valence-corrected chi connectivity index (χ1v) is 12.5. The van der Waals surface area contributed by atoms with Crippen LogP contribution in [-0.2, 0) is 14.8 Å². The number of benzene rings is 2. The summed E-state index contributed by atoms with van der Waals surface area (Å²) in [5.74, 6) is -0.292. The number of aliphatic imine (C=N–C) groups is 1. The van der Waals surface area contributed by atoms with Crippen molar-refractivity contribution in [2.75, 3.05) is 31.0 Å². The Kier molecular flexibility index (Phi) is 6.25. The Labute approximate surface area is 202 Å². The van der Waals surface area contributed by atoms with E-state index in [-0.39, 0.29) is 28.0 Å². The molecule has 178 valence electrons. The fraction of sp³-hybridized carbons (Fsp3) is 0.200. The minimum absolute atomic E-state index is 0.0215. The highest BCUT2D eigenvalue weighted by Gasteiger charge is 2.42. The first-order valence-electron chi connectivity index (χ1n) is 11.1. The minimum atomic E-state index is -3.85. The van der Waals surface area contributed by atoms with Gasteiger partial charge in [0.05, 0.1) is 23.8 Å². The third-order valence-corrected chi connectivity index (χ3v) is 7.26. The van der Waals surface area contributed by atoms with Crippen molar-refractivity contribution in [1.82, 2.24) is 9.88 Å². The van der Waals surface area contributed by atoms with Gasteiger partial charge in [0.25, 0.3) is 10.0 Å². The van der Waals surface area contributed by atoms with E-state index in [1.807, 2.05) is 4.90 Å². The lowest BCUT2D eigenvalue weighted by Gasteiger charge is -2.36. The van der Waals surface area contributed by atoms with E-state index in [4.69, 9.17) is 4.74 Å². The number of fused-ring (bicyclic) bond motifs is 1. The number of Topliss-reactive ketones (excluding diaryl/α,β-unsaturated/α-hetero) is 2. The Morgan fingerprint density at radius 2 is 1.60 bits per heavy atom. The number of pyridine rings is 1. The quantitative estimate of drug-likeness (QED) is 0.584. The van der Waals surface area contributed by atoms with E-state index in [1.54, 1.807) is 42.5 Å². The molecule has 0 spiro atoms. The van der Waals surface area contributed by atoms with Gasteiger partial charge in [-0.15, -0.1) is 0 Å². The largest absolute Gasteiger partial charge is 0.379 e. The first-order chi connectivity index (χ1) is 16.9. The van der Waals surface area contributed by atoms with E-state index >= 15 is 0 Å².